The summed E-state index contributed by atoms with van der Waals surface area (Å²) in [5.41, 5.74) is 17.4. The van der Waals surface area contributed by atoms with E-state index >= 15 is 0 Å². The van der Waals surface area contributed by atoms with Crippen LogP contribution in [-0.4, -0.2) is 92.7 Å². The molecule has 8 heterocycles. The minimum Gasteiger partial charge on any atom is -0.444 e. The smallest absolute Gasteiger partial charge is 0.410 e. The highest BCUT2D eigenvalue weighted by Gasteiger charge is 2.28. The predicted molar refractivity (Wildman–Crippen MR) is 244 cm³/mol. The number of aromatic nitrogens is 10. The zero-order chi connectivity index (χ0) is 46.7. The van der Waals surface area contributed by atoms with Gasteiger partial charge in [0, 0.05) is 71.3 Å². The van der Waals surface area contributed by atoms with Crippen LogP contribution in [0.4, 0.5) is 25.2 Å². The van der Waals surface area contributed by atoms with Crippen molar-refractivity contribution in [1.82, 2.24) is 60.1 Å². The van der Waals surface area contributed by atoms with Crippen LogP contribution in [0.3, 0.4) is 0 Å². The molecule has 10 rings (SSSR count). The lowest BCUT2D eigenvalue weighted by Crippen LogP contribution is -2.42. The second-order valence-corrected chi connectivity index (χ2v) is 17.2. The van der Waals surface area contributed by atoms with Crippen molar-refractivity contribution in [3.63, 3.8) is 0 Å². The van der Waals surface area contributed by atoms with E-state index in [1.54, 1.807) is 47.8 Å². The Labute approximate surface area is 383 Å². The number of anilines is 2. The summed E-state index contributed by atoms with van der Waals surface area (Å²) >= 11 is 0. The van der Waals surface area contributed by atoms with Crippen LogP contribution in [0.2, 0.25) is 0 Å². The monoisotopic (exact) mass is 910 g/mol. The van der Waals surface area contributed by atoms with Gasteiger partial charge in [0.05, 0.1) is 35.6 Å². The van der Waals surface area contributed by atoms with Gasteiger partial charge < -0.3 is 35.3 Å². The molecule has 0 atom stereocenters. The lowest BCUT2D eigenvalue weighted by Gasteiger charge is -2.33. The molecule has 2 saturated heterocycles. The zero-order valence-corrected chi connectivity index (χ0v) is 37.0. The molecule has 18 nitrogen and oxygen atoms in total. The number of amides is 1. The molecule has 0 saturated carbocycles. The van der Waals surface area contributed by atoms with Gasteiger partial charge in [0.25, 0.3) is 11.8 Å². The summed E-state index contributed by atoms with van der Waals surface area (Å²) < 4.78 is 47.4. The van der Waals surface area contributed by atoms with Crippen LogP contribution < -0.4 is 16.8 Å². The van der Waals surface area contributed by atoms with Crippen LogP contribution in [0, 0.1) is 11.6 Å². The van der Waals surface area contributed by atoms with Crippen LogP contribution in [0.1, 0.15) is 58.5 Å². The van der Waals surface area contributed by atoms with E-state index in [2.05, 4.69) is 45.9 Å². The topological polar surface area (TPSA) is 233 Å². The van der Waals surface area contributed by atoms with E-state index in [9.17, 15) is 13.6 Å². The molecule has 20 heteroatoms. The maximum absolute atomic E-state index is 13.2. The molecule has 8 aromatic rings. The lowest BCUT2D eigenvalue weighted by atomic mass is 10.1. The first-order valence-corrected chi connectivity index (χ1v) is 21.8. The average molecular weight is 911 g/mol. The van der Waals surface area contributed by atoms with Gasteiger partial charge in [-0.25, -0.2) is 23.5 Å². The molecule has 0 aliphatic carbocycles. The molecule has 0 spiro atoms. The summed E-state index contributed by atoms with van der Waals surface area (Å²) in [6.45, 7) is 8.81. The molecule has 2 aliphatic rings. The first kappa shape index (κ1) is 44.3. The Hall–Kier alpha value is -7.87. The minimum atomic E-state index is -0.513. The van der Waals surface area contributed by atoms with Crippen LogP contribution in [0.5, 0.6) is 0 Å². The Morgan fingerprint density at radius 1 is 0.627 bits per heavy atom. The number of rotatable bonds is 8. The van der Waals surface area contributed by atoms with Crippen LogP contribution in [0.15, 0.2) is 107 Å². The number of nitrogen functional groups attached to an aromatic ring is 2. The van der Waals surface area contributed by atoms with Crippen molar-refractivity contribution in [1.29, 1.82) is 0 Å². The van der Waals surface area contributed by atoms with Gasteiger partial charge in [-0.2, -0.15) is 10.2 Å². The quantitative estimate of drug-likeness (QED) is 0.130. The van der Waals surface area contributed by atoms with Crippen molar-refractivity contribution < 1.29 is 27.1 Å². The molecule has 344 valence electrons. The van der Waals surface area contributed by atoms with Gasteiger partial charge in [-0.05, 0) is 120 Å². The predicted octanol–water partition coefficient (Wildman–Crippen LogP) is 8.26. The number of hydrogen-bond donors (Lipinski definition) is 3. The normalized spacial score (nSPS) is 14.7. The largest absolute Gasteiger partial charge is 0.444 e. The molecule has 0 bridgehead atoms. The van der Waals surface area contributed by atoms with E-state index in [0.29, 0.717) is 47.2 Å². The highest BCUT2D eigenvalue weighted by molar-refractivity contribution is 5.76. The van der Waals surface area contributed by atoms with E-state index in [4.69, 9.17) is 25.0 Å². The fourth-order valence-corrected chi connectivity index (χ4v) is 7.78. The molecule has 2 aromatic carbocycles. The molecular weight excluding hydrogens is 863 g/mol. The zero-order valence-electron chi connectivity index (χ0n) is 37.0. The molecule has 2 fully saturated rings. The lowest BCUT2D eigenvalue weighted by molar-refractivity contribution is 0.0184. The van der Waals surface area contributed by atoms with Crippen molar-refractivity contribution in [3.8, 4) is 68.1 Å². The van der Waals surface area contributed by atoms with Crippen LogP contribution in [-0.2, 0) is 4.74 Å². The molecule has 2 aliphatic heterocycles. The van der Waals surface area contributed by atoms with Gasteiger partial charge in [0.1, 0.15) is 28.9 Å². The fourth-order valence-electron chi connectivity index (χ4n) is 7.78. The number of nitrogens with two attached hydrogens (primary N) is 2. The number of pyridine rings is 2. The summed E-state index contributed by atoms with van der Waals surface area (Å²) in [7, 11) is 0. The number of likely N-dealkylation sites (tertiary alicyclic amines) is 1. The Kier molecular flexibility index (Phi) is 12.5. The van der Waals surface area contributed by atoms with E-state index in [1.165, 1.54) is 24.3 Å². The summed E-state index contributed by atoms with van der Waals surface area (Å²) in [4.78, 5) is 22.7. The second-order valence-electron chi connectivity index (χ2n) is 17.2. The molecule has 0 radical (unpaired) electrons. The molecule has 0 unspecified atom stereocenters. The number of carbonyl (C=O) groups is 1. The van der Waals surface area contributed by atoms with E-state index in [0.717, 1.165) is 61.0 Å². The Morgan fingerprint density at radius 3 is 1.51 bits per heavy atom. The van der Waals surface area contributed by atoms with Crippen LogP contribution >= 0.6 is 0 Å². The number of hydrogen-bond acceptors (Lipinski definition) is 15. The third kappa shape index (κ3) is 10.3. The minimum absolute atomic E-state index is 0.169. The third-order valence-electron chi connectivity index (χ3n) is 11.4. The molecule has 1 amide bonds. The summed E-state index contributed by atoms with van der Waals surface area (Å²) in [6, 6.07) is 15.9. The maximum atomic E-state index is 13.2. The summed E-state index contributed by atoms with van der Waals surface area (Å²) in [6.07, 6.45) is 14.4. The van der Waals surface area contributed by atoms with Crippen molar-refractivity contribution in [2.45, 2.75) is 64.1 Å². The van der Waals surface area contributed by atoms with Gasteiger partial charge in [0.2, 0.25) is 11.8 Å². The molecule has 5 N–H and O–H groups in total. The first-order valence-electron chi connectivity index (χ1n) is 21.8. The molecule has 6 aromatic heterocycles. The number of carbonyl (C=O) groups excluding carboxylic acids is 1. The van der Waals surface area contributed by atoms with E-state index in [1.807, 2.05) is 60.9 Å². The maximum Gasteiger partial charge on any atom is 0.410 e. The van der Waals surface area contributed by atoms with Crippen LogP contribution in [0.25, 0.3) is 68.1 Å². The number of ether oxygens (including phenoxy) is 1. The van der Waals surface area contributed by atoms with Gasteiger partial charge >= 0.3 is 6.09 Å². The van der Waals surface area contributed by atoms with Crippen molar-refractivity contribution in [3.05, 3.63) is 109 Å². The van der Waals surface area contributed by atoms with E-state index in [-0.39, 0.29) is 53.2 Å². The highest BCUT2D eigenvalue weighted by Crippen LogP contribution is 2.34. The molecular formula is C47H48F2N14O4. The van der Waals surface area contributed by atoms with Gasteiger partial charge in [0.15, 0.2) is 0 Å². The number of piperidine rings is 2. The summed E-state index contributed by atoms with van der Waals surface area (Å²) in [5.74, 6) is 0.876. The molecule has 67 heavy (non-hydrogen) atoms. The standard InChI is InChI=1S/C26H28FN7O3.C21H20FN7O/c1-26(2,3)37-25(35)33-10-8-20(9-11-33)34-15-18(14-30-34)17-12-21(22(28)29-13-17)24-32-31-23(36-24)16-4-6-19(27)7-5-16;22-16-3-1-13(2-4-16)20-27-28-21(30-20)18-9-14(10-25-19(18)23)15-11-26-29(12-15)17-5-7-24-8-6-17/h4-7,12-15,20H,8-11H2,1-3H3,(H2,28,29);1-4,9-12,17,24H,5-8H2,(H2,23,25). The number of benzene rings is 2. The second kappa shape index (κ2) is 18.9. The third-order valence-corrected chi connectivity index (χ3v) is 11.4. The average Bonchev–Trinajstić information content (AvgIpc) is 4.19. The Bertz CT molecular complexity index is 2960. The Morgan fingerprint density at radius 2 is 1.06 bits per heavy atom. The highest BCUT2D eigenvalue weighted by atomic mass is 19.1. The first-order chi connectivity index (χ1) is 32.3. The van der Waals surface area contributed by atoms with Gasteiger partial charge in [-0.3, -0.25) is 9.36 Å². The number of nitrogens with zero attached hydrogens (tertiary/aromatic N) is 11. The number of nitrogens with one attached hydrogen (secondary N) is 1. The van der Waals surface area contributed by atoms with Gasteiger partial charge in [-0.15, -0.1) is 20.4 Å². The Balaban J connectivity index is 0.000000171. The number of halogens is 2. The van der Waals surface area contributed by atoms with Crippen molar-refractivity contribution in [2.24, 2.45) is 0 Å². The van der Waals surface area contributed by atoms with Gasteiger partial charge in [-0.1, -0.05) is 0 Å². The fraction of sp³-hybridized carbons (Fsp3) is 0.298. The van der Waals surface area contributed by atoms with E-state index < -0.39 is 5.60 Å². The SMILES string of the molecule is CC(C)(C)OC(=O)N1CCC(n2cc(-c3cnc(N)c(-c4nnc(-c5ccc(F)cc5)o4)c3)cn2)CC1.Nc1ncc(-c2cnn(C3CCNCC3)c2)cc1-c1nnc(-c2ccc(F)cc2)o1. The summed E-state index contributed by atoms with van der Waals surface area (Å²) in [5, 5.41) is 28.8. The van der Waals surface area contributed by atoms with Crippen molar-refractivity contribution in [2.75, 3.05) is 37.6 Å². The van der Waals surface area contributed by atoms with Crippen molar-refractivity contribution >= 4 is 17.7 Å².